The molecule has 0 unspecified atom stereocenters. The molecule has 1 aromatic carbocycles. The van der Waals surface area contributed by atoms with Crippen molar-refractivity contribution in [3.63, 3.8) is 0 Å². The molecule has 0 fully saturated rings. The summed E-state index contributed by atoms with van der Waals surface area (Å²) in [4.78, 5) is 13.0. The minimum absolute atomic E-state index is 0.118. The summed E-state index contributed by atoms with van der Waals surface area (Å²) in [5.41, 5.74) is 6.62. The lowest BCUT2D eigenvalue weighted by Gasteiger charge is -2.17. The molecular formula is C12H15BrF3N3O. The second kappa shape index (κ2) is 6.94. The second-order valence-electron chi connectivity index (χ2n) is 4.39. The van der Waals surface area contributed by atoms with E-state index in [0.29, 0.717) is 15.8 Å². The largest absolute Gasteiger partial charge is 0.399 e. The molecule has 0 saturated heterocycles. The molecule has 0 spiro atoms. The van der Waals surface area contributed by atoms with Crippen LogP contribution < -0.4 is 11.1 Å². The van der Waals surface area contributed by atoms with E-state index in [0.717, 1.165) is 0 Å². The number of hydrogen-bond acceptors (Lipinski definition) is 3. The van der Waals surface area contributed by atoms with Gasteiger partial charge in [-0.1, -0.05) is 0 Å². The van der Waals surface area contributed by atoms with Crippen LogP contribution in [-0.4, -0.2) is 37.1 Å². The first-order chi connectivity index (χ1) is 9.17. The van der Waals surface area contributed by atoms with Crippen molar-refractivity contribution in [1.82, 2.24) is 4.90 Å². The van der Waals surface area contributed by atoms with Crippen LogP contribution in [0, 0.1) is 0 Å². The van der Waals surface area contributed by atoms with Gasteiger partial charge in [0.25, 0.3) is 0 Å². The molecule has 0 radical (unpaired) electrons. The number of halogens is 4. The first kappa shape index (κ1) is 16.8. The summed E-state index contributed by atoms with van der Waals surface area (Å²) in [6.45, 7) is -0.341. The van der Waals surface area contributed by atoms with Gasteiger partial charge in [-0.05, 0) is 41.2 Å². The van der Waals surface area contributed by atoms with Gasteiger partial charge in [0.15, 0.2) is 0 Å². The maximum Gasteiger partial charge on any atom is 0.390 e. The number of alkyl halides is 3. The van der Waals surface area contributed by atoms with Gasteiger partial charge in [0.2, 0.25) is 5.91 Å². The third kappa shape index (κ3) is 6.25. The van der Waals surface area contributed by atoms with Gasteiger partial charge in [-0.15, -0.1) is 0 Å². The van der Waals surface area contributed by atoms with Gasteiger partial charge in [0.1, 0.15) is 0 Å². The Labute approximate surface area is 123 Å². The van der Waals surface area contributed by atoms with Gasteiger partial charge in [-0.25, -0.2) is 0 Å². The molecule has 3 N–H and O–H groups in total. The van der Waals surface area contributed by atoms with E-state index < -0.39 is 12.6 Å². The Balaban J connectivity index is 2.47. The molecular weight excluding hydrogens is 339 g/mol. The zero-order chi connectivity index (χ0) is 15.3. The van der Waals surface area contributed by atoms with Crippen LogP contribution in [0.2, 0.25) is 0 Å². The van der Waals surface area contributed by atoms with E-state index >= 15 is 0 Å². The summed E-state index contributed by atoms with van der Waals surface area (Å²) in [5.74, 6) is -0.389. The molecule has 0 aliphatic rings. The first-order valence-electron chi connectivity index (χ1n) is 5.77. The Kier molecular flexibility index (Phi) is 5.82. The standard InChI is InChI=1S/C12H15BrF3N3O/c1-19(5-4-12(14,15)16)7-11(20)18-10-3-2-8(17)6-9(10)13/h2-3,6H,4-5,7,17H2,1H3,(H,18,20). The fraction of sp³-hybridized carbons (Fsp3) is 0.417. The summed E-state index contributed by atoms with van der Waals surface area (Å²) in [5, 5.41) is 2.60. The molecule has 4 nitrogen and oxygen atoms in total. The number of nitrogens with one attached hydrogen (secondary N) is 1. The van der Waals surface area contributed by atoms with E-state index in [-0.39, 0.29) is 19.0 Å². The average molecular weight is 354 g/mol. The Morgan fingerprint density at radius 3 is 2.65 bits per heavy atom. The topological polar surface area (TPSA) is 58.4 Å². The SMILES string of the molecule is CN(CCC(F)(F)F)CC(=O)Nc1ccc(N)cc1Br. The molecule has 0 aliphatic carbocycles. The van der Waals surface area contributed by atoms with E-state index in [9.17, 15) is 18.0 Å². The molecule has 112 valence electrons. The Morgan fingerprint density at radius 1 is 1.45 bits per heavy atom. The predicted molar refractivity (Wildman–Crippen MR) is 75.4 cm³/mol. The van der Waals surface area contributed by atoms with Crippen molar-refractivity contribution in [3.8, 4) is 0 Å². The highest BCUT2D eigenvalue weighted by atomic mass is 79.9. The summed E-state index contributed by atoms with van der Waals surface area (Å²) in [6, 6.07) is 4.86. The monoisotopic (exact) mass is 353 g/mol. The van der Waals surface area contributed by atoms with Crippen LogP contribution in [0.4, 0.5) is 24.5 Å². The number of rotatable bonds is 5. The predicted octanol–water partition coefficient (Wildman–Crippen LogP) is 2.85. The lowest BCUT2D eigenvalue weighted by atomic mass is 10.3. The summed E-state index contributed by atoms with van der Waals surface area (Å²) in [7, 11) is 1.46. The molecule has 0 aromatic heterocycles. The third-order valence-corrected chi connectivity index (χ3v) is 3.11. The van der Waals surface area contributed by atoms with Gasteiger partial charge in [0.05, 0.1) is 18.7 Å². The third-order valence-electron chi connectivity index (χ3n) is 2.46. The molecule has 20 heavy (non-hydrogen) atoms. The molecule has 0 bridgehead atoms. The van der Waals surface area contributed by atoms with Gasteiger partial charge in [-0.2, -0.15) is 13.2 Å². The van der Waals surface area contributed by atoms with Crippen molar-refractivity contribution in [2.75, 3.05) is 31.2 Å². The van der Waals surface area contributed by atoms with Gasteiger partial charge < -0.3 is 11.1 Å². The number of nitrogens with two attached hydrogens (primary N) is 1. The molecule has 1 amide bonds. The number of benzene rings is 1. The molecule has 0 saturated carbocycles. The molecule has 1 rings (SSSR count). The number of likely N-dealkylation sites (N-methyl/N-ethyl adjacent to an activating group) is 1. The van der Waals surface area contributed by atoms with E-state index in [1.54, 1.807) is 18.2 Å². The summed E-state index contributed by atoms with van der Waals surface area (Å²) in [6.07, 6.45) is -5.16. The zero-order valence-corrected chi connectivity index (χ0v) is 12.4. The summed E-state index contributed by atoms with van der Waals surface area (Å²) < 4.78 is 36.8. The average Bonchev–Trinajstić information content (AvgIpc) is 2.29. The number of anilines is 2. The van der Waals surface area contributed by atoms with Crippen molar-refractivity contribution < 1.29 is 18.0 Å². The van der Waals surface area contributed by atoms with E-state index in [1.165, 1.54) is 11.9 Å². The van der Waals surface area contributed by atoms with E-state index in [1.807, 2.05) is 0 Å². The highest BCUT2D eigenvalue weighted by molar-refractivity contribution is 9.10. The van der Waals surface area contributed by atoms with Crippen LogP contribution in [0.25, 0.3) is 0 Å². The quantitative estimate of drug-likeness (QED) is 0.800. The van der Waals surface area contributed by atoms with Gasteiger partial charge in [-0.3, -0.25) is 9.69 Å². The van der Waals surface area contributed by atoms with Crippen molar-refractivity contribution >= 4 is 33.2 Å². The number of carbonyl (C=O) groups excluding carboxylic acids is 1. The maximum absolute atomic E-state index is 12.0. The fourth-order valence-corrected chi connectivity index (χ4v) is 1.96. The molecule has 1 aromatic rings. The Hall–Kier alpha value is -1.28. The molecule has 0 atom stereocenters. The van der Waals surface area contributed by atoms with Crippen LogP contribution >= 0.6 is 15.9 Å². The number of hydrogen-bond donors (Lipinski definition) is 2. The van der Waals surface area contributed by atoms with Crippen LogP contribution in [0.1, 0.15) is 6.42 Å². The highest BCUT2D eigenvalue weighted by Gasteiger charge is 2.27. The summed E-state index contributed by atoms with van der Waals surface area (Å²) >= 11 is 3.24. The van der Waals surface area contributed by atoms with Gasteiger partial charge >= 0.3 is 6.18 Å². The zero-order valence-electron chi connectivity index (χ0n) is 10.8. The minimum atomic E-state index is -4.22. The normalized spacial score (nSPS) is 11.7. The Morgan fingerprint density at radius 2 is 2.10 bits per heavy atom. The fourth-order valence-electron chi connectivity index (χ4n) is 1.46. The number of amides is 1. The molecule has 0 aliphatic heterocycles. The van der Waals surface area contributed by atoms with Crippen molar-refractivity contribution in [3.05, 3.63) is 22.7 Å². The van der Waals surface area contributed by atoms with Crippen molar-refractivity contribution in [1.29, 1.82) is 0 Å². The second-order valence-corrected chi connectivity index (χ2v) is 5.24. The molecule has 0 heterocycles. The van der Waals surface area contributed by atoms with E-state index in [2.05, 4.69) is 21.2 Å². The van der Waals surface area contributed by atoms with Crippen molar-refractivity contribution in [2.45, 2.75) is 12.6 Å². The van der Waals surface area contributed by atoms with Crippen molar-refractivity contribution in [2.24, 2.45) is 0 Å². The lowest BCUT2D eigenvalue weighted by Crippen LogP contribution is -2.32. The van der Waals surface area contributed by atoms with Crippen LogP contribution in [-0.2, 0) is 4.79 Å². The minimum Gasteiger partial charge on any atom is -0.399 e. The smallest absolute Gasteiger partial charge is 0.390 e. The first-order valence-corrected chi connectivity index (χ1v) is 6.57. The number of nitrogen functional groups attached to an aromatic ring is 1. The number of carbonyl (C=O) groups is 1. The lowest BCUT2D eigenvalue weighted by molar-refractivity contribution is -0.138. The van der Waals surface area contributed by atoms with Crippen LogP contribution in [0.5, 0.6) is 0 Å². The maximum atomic E-state index is 12.0. The van der Waals surface area contributed by atoms with Crippen LogP contribution in [0.3, 0.4) is 0 Å². The van der Waals surface area contributed by atoms with Crippen LogP contribution in [0.15, 0.2) is 22.7 Å². The molecule has 8 heteroatoms. The van der Waals surface area contributed by atoms with E-state index in [4.69, 9.17) is 5.73 Å². The van der Waals surface area contributed by atoms with Gasteiger partial charge in [0, 0.05) is 16.7 Å². The Bertz CT molecular complexity index is 480. The number of nitrogens with zero attached hydrogens (tertiary/aromatic N) is 1. The highest BCUT2D eigenvalue weighted by Crippen LogP contribution is 2.24.